The van der Waals surface area contributed by atoms with Crippen molar-refractivity contribution >= 4 is 23.2 Å². The van der Waals surface area contributed by atoms with E-state index in [0.29, 0.717) is 6.42 Å². The standard InChI is InChI=1S/C14H18ClNO2/c1-18-10-3-2-7-14(17)16-9-8-11-12(15)5-4-6-13(11)16/h4-6H,2-3,7-10H2,1H3. The number of benzene rings is 1. The van der Waals surface area contributed by atoms with E-state index in [9.17, 15) is 4.79 Å². The predicted octanol–water partition coefficient (Wildman–Crippen LogP) is 3.05. The van der Waals surface area contributed by atoms with Gasteiger partial charge in [-0.25, -0.2) is 0 Å². The quantitative estimate of drug-likeness (QED) is 0.768. The second-order valence-electron chi connectivity index (χ2n) is 4.48. The fourth-order valence-corrected chi connectivity index (χ4v) is 2.57. The molecular weight excluding hydrogens is 250 g/mol. The van der Waals surface area contributed by atoms with Crippen molar-refractivity contribution in [3.63, 3.8) is 0 Å². The van der Waals surface area contributed by atoms with Gasteiger partial charge >= 0.3 is 0 Å². The average molecular weight is 268 g/mol. The fraction of sp³-hybridized carbons (Fsp3) is 0.500. The van der Waals surface area contributed by atoms with E-state index in [1.807, 2.05) is 23.1 Å². The van der Waals surface area contributed by atoms with Crippen LogP contribution in [0.4, 0.5) is 5.69 Å². The van der Waals surface area contributed by atoms with Crippen LogP contribution in [0, 0.1) is 0 Å². The van der Waals surface area contributed by atoms with Crippen molar-refractivity contribution < 1.29 is 9.53 Å². The van der Waals surface area contributed by atoms with Crippen molar-refractivity contribution in [2.75, 3.05) is 25.2 Å². The summed E-state index contributed by atoms with van der Waals surface area (Å²) in [6.45, 7) is 1.47. The van der Waals surface area contributed by atoms with Crippen LogP contribution in [0.2, 0.25) is 5.02 Å². The molecule has 0 saturated carbocycles. The molecule has 0 N–H and O–H groups in total. The molecule has 3 nitrogen and oxygen atoms in total. The Morgan fingerprint density at radius 3 is 3.06 bits per heavy atom. The summed E-state index contributed by atoms with van der Waals surface area (Å²) in [5, 5.41) is 0.766. The van der Waals surface area contributed by atoms with E-state index in [0.717, 1.165) is 48.7 Å². The molecule has 1 aliphatic heterocycles. The fourth-order valence-electron chi connectivity index (χ4n) is 2.31. The molecule has 0 saturated heterocycles. The Balaban J connectivity index is 1.96. The van der Waals surface area contributed by atoms with Gasteiger partial charge in [-0.2, -0.15) is 0 Å². The van der Waals surface area contributed by atoms with E-state index in [1.54, 1.807) is 7.11 Å². The highest BCUT2D eigenvalue weighted by Gasteiger charge is 2.25. The van der Waals surface area contributed by atoms with E-state index in [1.165, 1.54) is 0 Å². The van der Waals surface area contributed by atoms with Gasteiger partial charge in [-0.1, -0.05) is 17.7 Å². The molecule has 1 aromatic rings. The largest absolute Gasteiger partial charge is 0.385 e. The number of carbonyl (C=O) groups is 1. The van der Waals surface area contributed by atoms with Crippen molar-refractivity contribution in [1.82, 2.24) is 0 Å². The summed E-state index contributed by atoms with van der Waals surface area (Å²) in [6.07, 6.45) is 3.24. The highest BCUT2D eigenvalue weighted by molar-refractivity contribution is 6.32. The minimum atomic E-state index is 0.187. The zero-order valence-corrected chi connectivity index (χ0v) is 11.4. The van der Waals surface area contributed by atoms with E-state index in [4.69, 9.17) is 16.3 Å². The van der Waals surface area contributed by atoms with Gasteiger partial charge in [0.1, 0.15) is 0 Å². The lowest BCUT2D eigenvalue weighted by atomic mass is 10.1. The van der Waals surface area contributed by atoms with Crippen LogP contribution in [0.25, 0.3) is 0 Å². The third-order valence-electron chi connectivity index (χ3n) is 3.26. The first-order valence-electron chi connectivity index (χ1n) is 6.30. The Morgan fingerprint density at radius 1 is 1.44 bits per heavy atom. The molecule has 1 heterocycles. The maximum Gasteiger partial charge on any atom is 0.226 e. The number of carbonyl (C=O) groups excluding carboxylic acids is 1. The number of anilines is 1. The zero-order chi connectivity index (χ0) is 13.0. The summed E-state index contributed by atoms with van der Waals surface area (Å²) in [5.74, 6) is 0.187. The molecule has 0 bridgehead atoms. The Bertz CT molecular complexity index is 434. The molecule has 1 aliphatic rings. The molecule has 1 amide bonds. The Kier molecular flexibility index (Phi) is 4.61. The molecule has 0 unspecified atom stereocenters. The number of unbranched alkanes of at least 4 members (excludes halogenated alkanes) is 1. The van der Waals surface area contributed by atoms with E-state index in [2.05, 4.69) is 0 Å². The highest BCUT2D eigenvalue weighted by Crippen LogP contribution is 2.33. The maximum atomic E-state index is 12.1. The first-order chi connectivity index (χ1) is 8.74. The van der Waals surface area contributed by atoms with E-state index in [-0.39, 0.29) is 5.91 Å². The summed E-state index contributed by atoms with van der Waals surface area (Å²) in [7, 11) is 1.68. The van der Waals surface area contributed by atoms with Crippen LogP contribution in [-0.2, 0) is 16.0 Å². The van der Waals surface area contributed by atoms with Crippen LogP contribution in [-0.4, -0.2) is 26.2 Å². The van der Waals surface area contributed by atoms with E-state index < -0.39 is 0 Å². The molecule has 98 valence electrons. The lowest BCUT2D eigenvalue weighted by Gasteiger charge is -2.17. The zero-order valence-electron chi connectivity index (χ0n) is 10.6. The van der Waals surface area contributed by atoms with Gasteiger partial charge in [-0.3, -0.25) is 4.79 Å². The normalized spacial score (nSPS) is 13.8. The number of fused-ring (bicyclic) bond motifs is 1. The number of rotatable bonds is 5. The first kappa shape index (κ1) is 13.4. The van der Waals surface area contributed by atoms with Gasteiger partial charge in [0, 0.05) is 37.4 Å². The second kappa shape index (κ2) is 6.21. The smallest absolute Gasteiger partial charge is 0.226 e. The Morgan fingerprint density at radius 2 is 2.28 bits per heavy atom. The summed E-state index contributed by atoms with van der Waals surface area (Å²) >= 11 is 6.13. The van der Waals surface area contributed by atoms with Crippen molar-refractivity contribution in [2.24, 2.45) is 0 Å². The van der Waals surface area contributed by atoms with Crippen LogP contribution >= 0.6 is 11.6 Å². The van der Waals surface area contributed by atoms with E-state index >= 15 is 0 Å². The van der Waals surface area contributed by atoms with Gasteiger partial charge in [0.05, 0.1) is 0 Å². The number of nitrogens with zero attached hydrogens (tertiary/aromatic N) is 1. The number of amides is 1. The van der Waals surface area contributed by atoms with Crippen LogP contribution in [0.1, 0.15) is 24.8 Å². The minimum absolute atomic E-state index is 0.187. The van der Waals surface area contributed by atoms with Crippen molar-refractivity contribution in [3.05, 3.63) is 28.8 Å². The number of ether oxygens (including phenoxy) is 1. The molecule has 0 fully saturated rings. The van der Waals surface area contributed by atoms with Gasteiger partial charge in [0.25, 0.3) is 0 Å². The third kappa shape index (κ3) is 2.85. The SMILES string of the molecule is COCCCCC(=O)N1CCc2c(Cl)cccc21. The lowest BCUT2D eigenvalue weighted by molar-refractivity contribution is -0.118. The van der Waals surface area contributed by atoms with Crippen LogP contribution < -0.4 is 4.90 Å². The summed E-state index contributed by atoms with van der Waals surface area (Å²) in [6, 6.07) is 5.76. The highest BCUT2D eigenvalue weighted by atomic mass is 35.5. The predicted molar refractivity (Wildman–Crippen MR) is 73.2 cm³/mol. The van der Waals surface area contributed by atoms with Crippen LogP contribution in [0.3, 0.4) is 0 Å². The maximum absolute atomic E-state index is 12.1. The number of hydrogen-bond acceptors (Lipinski definition) is 2. The summed E-state index contributed by atoms with van der Waals surface area (Å²) in [4.78, 5) is 14.0. The van der Waals surface area contributed by atoms with Gasteiger partial charge in [-0.15, -0.1) is 0 Å². The summed E-state index contributed by atoms with van der Waals surface area (Å²) < 4.78 is 4.98. The van der Waals surface area contributed by atoms with Gasteiger partial charge in [-0.05, 0) is 37.0 Å². The molecule has 0 atom stereocenters. The monoisotopic (exact) mass is 267 g/mol. The lowest BCUT2D eigenvalue weighted by Crippen LogP contribution is -2.28. The number of methoxy groups -OCH3 is 1. The molecule has 0 spiro atoms. The van der Waals surface area contributed by atoms with Crippen molar-refractivity contribution in [2.45, 2.75) is 25.7 Å². The molecule has 1 aromatic carbocycles. The average Bonchev–Trinajstić information content (AvgIpc) is 2.80. The van der Waals surface area contributed by atoms with Crippen molar-refractivity contribution in [3.8, 4) is 0 Å². The Hall–Kier alpha value is -1.06. The molecule has 0 aliphatic carbocycles. The molecular formula is C14H18ClNO2. The molecule has 2 rings (SSSR count). The van der Waals surface area contributed by atoms with Crippen LogP contribution in [0.15, 0.2) is 18.2 Å². The molecule has 4 heteroatoms. The molecule has 18 heavy (non-hydrogen) atoms. The second-order valence-corrected chi connectivity index (χ2v) is 4.89. The summed E-state index contributed by atoms with van der Waals surface area (Å²) in [5.41, 5.74) is 2.09. The van der Waals surface area contributed by atoms with Gasteiger partial charge < -0.3 is 9.64 Å². The molecule has 0 aromatic heterocycles. The minimum Gasteiger partial charge on any atom is -0.385 e. The topological polar surface area (TPSA) is 29.5 Å². The number of hydrogen-bond donors (Lipinski definition) is 0. The first-order valence-corrected chi connectivity index (χ1v) is 6.68. The Labute approximate surface area is 113 Å². The van der Waals surface area contributed by atoms with Crippen LogP contribution in [0.5, 0.6) is 0 Å². The van der Waals surface area contributed by atoms with Crippen molar-refractivity contribution in [1.29, 1.82) is 0 Å². The van der Waals surface area contributed by atoms with Gasteiger partial charge in [0.2, 0.25) is 5.91 Å². The third-order valence-corrected chi connectivity index (χ3v) is 3.61. The number of halogens is 1. The molecule has 0 radical (unpaired) electrons. The van der Waals surface area contributed by atoms with Gasteiger partial charge in [0.15, 0.2) is 0 Å².